The second-order valence-electron chi connectivity index (χ2n) is 10.6. The first kappa shape index (κ1) is 28.8. The number of hydrogen-bond donors (Lipinski definition) is 1. The second kappa shape index (κ2) is 13.3. The Labute approximate surface area is 246 Å². The number of amides is 1. The minimum atomic E-state index is -0.266. The van der Waals surface area contributed by atoms with Crippen LogP contribution >= 0.6 is 23.2 Å². The molecule has 0 saturated carbocycles. The van der Waals surface area contributed by atoms with Crippen LogP contribution in [0.3, 0.4) is 0 Å². The van der Waals surface area contributed by atoms with Crippen molar-refractivity contribution in [2.75, 3.05) is 31.6 Å². The lowest BCUT2D eigenvalue weighted by atomic mass is 9.87. The van der Waals surface area contributed by atoms with Crippen molar-refractivity contribution in [2.24, 2.45) is 0 Å². The fraction of sp³-hybridized carbons (Fsp3) is 0.364. The van der Waals surface area contributed by atoms with Gasteiger partial charge < -0.3 is 15.0 Å². The first-order valence-corrected chi connectivity index (χ1v) is 14.8. The van der Waals surface area contributed by atoms with Crippen LogP contribution in [0.4, 0.5) is 10.1 Å². The minimum Gasteiger partial charge on any atom is -0.372 e. The number of carbonyl (C=O) groups is 1. The average Bonchev–Trinajstić information content (AvgIpc) is 3.31. The van der Waals surface area contributed by atoms with Gasteiger partial charge in [-0.2, -0.15) is 0 Å². The summed E-state index contributed by atoms with van der Waals surface area (Å²) in [6.45, 7) is 4.45. The topological polar surface area (TPSA) is 41.6 Å². The molecule has 7 heteroatoms. The van der Waals surface area contributed by atoms with Gasteiger partial charge in [-0.05, 0) is 95.3 Å². The summed E-state index contributed by atoms with van der Waals surface area (Å²) in [6.07, 6.45) is 4.49. The van der Waals surface area contributed by atoms with Crippen LogP contribution in [-0.2, 0) is 22.6 Å². The molecule has 1 unspecified atom stereocenters. The molecular weight excluding hydrogens is 546 g/mol. The third kappa shape index (κ3) is 6.95. The zero-order chi connectivity index (χ0) is 28.1. The number of nitrogens with zero attached hydrogens (tertiary/aromatic N) is 1. The molecule has 1 atom stereocenters. The molecule has 1 heterocycles. The number of allylic oxidation sites excluding steroid dienone is 1. The predicted molar refractivity (Wildman–Crippen MR) is 163 cm³/mol. The maximum absolute atomic E-state index is 12.5. The molecule has 1 saturated heterocycles. The lowest BCUT2D eigenvalue weighted by Gasteiger charge is -2.19. The van der Waals surface area contributed by atoms with Crippen molar-refractivity contribution in [3.8, 4) is 0 Å². The fourth-order valence-electron chi connectivity index (χ4n) is 5.80. The molecular formula is C33H35Cl2FN2O2. The van der Waals surface area contributed by atoms with Crippen molar-refractivity contribution in [1.29, 1.82) is 0 Å². The Morgan fingerprint density at radius 2 is 1.85 bits per heavy atom. The Morgan fingerprint density at radius 3 is 2.60 bits per heavy atom. The number of nitrogens with one attached hydrogen (secondary N) is 1. The highest BCUT2D eigenvalue weighted by molar-refractivity contribution is 6.36. The van der Waals surface area contributed by atoms with E-state index in [-0.39, 0.29) is 18.7 Å². The number of anilines is 1. The number of ether oxygens (including phenoxy) is 1. The Bertz CT molecular complexity index is 1390. The van der Waals surface area contributed by atoms with E-state index < -0.39 is 0 Å². The summed E-state index contributed by atoms with van der Waals surface area (Å²) in [5.74, 6) is -0.0825. The second-order valence-corrected chi connectivity index (χ2v) is 11.5. The van der Waals surface area contributed by atoms with Gasteiger partial charge in [-0.15, -0.1) is 0 Å². The molecule has 3 aromatic rings. The van der Waals surface area contributed by atoms with E-state index in [1.807, 2.05) is 18.2 Å². The monoisotopic (exact) mass is 580 g/mol. The predicted octanol–water partition coefficient (Wildman–Crippen LogP) is 8.20. The molecule has 40 heavy (non-hydrogen) atoms. The lowest BCUT2D eigenvalue weighted by molar-refractivity contribution is -0.114. The molecule has 1 fully saturated rings. The molecule has 1 aliphatic carbocycles. The van der Waals surface area contributed by atoms with E-state index in [1.165, 1.54) is 18.1 Å². The summed E-state index contributed by atoms with van der Waals surface area (Å²) in [6, 6.07) is 20.5. The van der Waals surface area contributed by atoms with Crippen LogP contribution in [0.5, 0.6) is 0 Å². The van der Waals surface area contributed by atoms with Crippen molar-refractivity contribution in [1.82, 2.24) is 4.90 Å². The number of benzene rings is 3. The highest BCUT2D eigenvalue weighted by Crippen LogP contribution is 2.42. The third-order valence-electron chi connectivity index (χ3n) is 7.69. The quantitative estimate of drug-likeness (QED) is 0.277. The van der Waals surface area contributed by atoms with Crippen molar-refractivity contribution in [3.63, 3.8) is 0 Å². The Balaban J connectivity index is 1.45. The summed E-state index contributed by atoms with van der Waals surface area (Å²) >= 11 is 13.0. The molecule has 3 aromatic carbocycles. The summed E-state index contributed by atoms with van der Waals surface area (Å²) in [4.78, 5) is 14.0. The number of rotatable bonds is 9. The molecule has 210 valence electrons. The molecule has 1 amide bonds. The van der Waals surface area contributed by atoms with Gasteiger partial charge in [0.25, 0.3) is 0 Å². The van der Waals surface area contributed by atoms with Crippen LogP contribution in [0.1, 0.15) is 60.4 Å². The molecule has 5 rings (SSSR count). The van der Waals surface area contributed by atoms with Gasteiger partial charge in [0.05, 0.1) is 19.4 Å². The normalized spacial score (nSPS) is 17.6. The number of fused-ring (bicyclic) bond motifs is 1. The smallest absolute Gasteiger partial charge is 0.221 e. The molecule has 1 N–H and O–H groups in total. The first-order valence-electron chi connectivity index (χ1n) is 14.0. The fourth-order valence-corrected chi connectivity index (χ4v) is 6.33. The SMILES string of the molecule is CC(=O)Nc1ccc2c(c1)CCCC(c1ccc(Cl)cc1Cl)=C2c1ccc(COC2CCN(CCCF)C2)cc1. The zero-order valence-electron chi connectivity index (χ0n) is 22.8. The van der Waals surface area contributed by atoms with Crippen LogP contribution in [0.25, 0.3) is 11.1 Å². The summed E-state index contributed by atoms with van der Waals surface area (Å²) in [5, 5.41) is 4.17. The number of halogens is 3. The number of carbonyl (C=O) groups excluding carboxylic acids is 1. The van der Waals surface area contributed by atoms with Crippen LogP contribution in [-0.4, -0.2) is 43.2 Å². The van der Waals surface area contributed by atoms with Crippen LogP contribution in [0.15, 0.2) is 60.7 Å². The Morgan fingerprint density at radius 1 is 1.05 bits per heavy atom. The number of hydrogen-bond acceptors (Lipinski definition) is 3. The van der Waals surface area contributed by atoms with E-state index >= 15 is 0 Å². The average molecular weight is 582 g/mol. The van der Waals surface area contributed by atoms with Gasteiger partial charge in [0.15, 0.2) is 0 Å². The largest absolute Gasteiger partial charge is 0.372 e. The van der Waals surface area contributed by atoms with E-state index in [4.69, 9.17) is 27.9 Å². The minimum absolute atomic E-state index is 0.0825. The summed E-state index contributed by atoms with van der Waals surface area (Å²) in [7, 11) is 0. The number of aryl methyl sites for hydroxylation is 1. The van der Waals surface area contributed by atoms with Gasteiger partial charge in [-0.1, -0.05) is 59.6 Å². The van der Waals surface area contributed by atoms with Crippen LogP contribution < -0.4 is 5.32 Å². The Hall–Kier alpha value is -2.70. The summed E-state index contributed by atoms with van der Waals surface area (Å²) < 4.78 is 18.7. The van der Waals surface area contributed by atoms with Crippen molar-refractivity contribution < 1.29 is 13.9 Å². The van der Waals surface area contributed by atoms with E-state index in [9.17, 15) is 9.18 Å². The van der Waals surface area contributed by atoms with Crippen molar-refractivity contribution >= 4 is 45.9 Å². The first-order chi connectivity index (χ1) is 19.4. The molecule has 2 aliphatic rings. The van der Waals surface area contributed by atoms with Crippen LogP contribution in [0, 0.1) is 0 Å². The van der Waals surface area contributed by atoms with Crippen molar-refractivity contribution in [2.45, 2.75) is 51.7 Å². The molecule has 1 aliphatic heterocycles. The summed E-state index contributed by atoms with van der Waals surface area (Å²) in [5.41, 5.74) is 8.72. The molecule has 0 spiro atoms. The van der Waals surface area contributed by atoms with Gasteiger partial charge in [0.2, 0.25) is 5.91 Å². The number of likely N-dealkylation sites (tertiary alicyclic amines) is 1. The highest BCUT2D eigenvalue weighted by Gasteiger charge is 2.24. The maximum Gasteiger partial charge on any atom is 0.221 e. The lowest BCUT2D eigenvalue weighted by Crippen LogP contribution is -2.24. The van der Waals surface area contributed by atoms with Gasteiger partial charge >= 0.3 is 0 Å². The van der Waals surface area contributed by atoms with E-state index in [0.29, 0.717) is 23.1 Å². The van der Waals surface area contributed by atoms with E-state index in [2.05, 4.69) is 46.6 Å². The Kier molecular flexibility index (Phi) is 9.59. The van der Waals surface area contributed by atoms with E-state index in [1.54, 1.807) is 6.07 Å². The van der Waals surface area contributed by atoms with Gasteiger partial charge in [0, 0.05) is 42.3 Å². The molecule has 0 aromatic heterocycles. The van der Waals surface area contributed by atoms with Crippen molar-refractivity contribution in [3.05, 3.63) is 98.5 Å². The number of alkyl halides is 1. The van der Waals surface area contributed by atoms with E-state index in [0.717, 1.165) is 78.8 Å². The molecule has 0 bridgehead atoms. The third-order valence-corrected chi connectivity index (χ3v) is 8.24. The van der Waals surface area contributed by atoms with Crippen LogP contribution in [0.2, 0.25) is 10.0 Å². The molecule has 4 nitrogen and oxygen atoms in total. The standard InChI is InChI=1S/C33H35Cl2FN2O2/c1-22(39)37-27-11-13-29-25(18-27)4-2-5-31(30-12-10-26(34)19-32(30)35)33(29)24-8-6-23(7-9-24)21-40-28-14-17-38(20-28)16-3-15-36/h6-13,18-19,28H,2-5,14-17,20-21H2,1H3,(H,37,39). The van der Waals surface area contributed by atoms with Gasteiger partial charge in [-0.25, -0.2) is 0 Å². The molecule has 0 radical (unpaired) electrons. The van der Waals surface area contributed by atoms with Gasteiger partial charge in [-0.3, -0.25) is 9.18 Å². The maximum atomic E-state index is 12.5. The zero-order valence-corrected chi connectivity index (χ0v) is 24.3. The van der Waals surface area contributed by atoms with Gasteiger partial charge in [0.1, 0.15) is 0 Å². The highest BCUT2D eigenvalue weighted by atomic mass is 35.5.